The van der Waals surface area contributed by atoms with Crippen LogP contribution in [-0.4, -0.2) is 17.6 Å². The van der Waals surface area contributed by atoms with Crippen molar-refractivity contribution in [1.82, 2.24) is 4.98 Å². The topological polar surface area (TPSA) is 57.7 Å². The van der Waals surface area contributed by atoms with E-state index < -0.39 is 12.3 Å². The molecular weight excluding hydrogens is 390 g/mol. The van der Waals surface area contributed by atoms with Crippen LogP contribution in [0, 0.1) is 6.92 Å². The predicted molar refractivity (Wildman–Crippen MR) is 110 cm³/mol. The van der Waals surface area contributed by atoms with Gasteiger partial charge in [-0.1, -0.05) is 41.9 Å². The SMILES string of the molecule is CCOC(=O)c1cc2c(nc1C)-c1cc(Cl)ccc1O[C@H]2OCc1ccccc1. The molecule has 0 spiro atoms. The molecule has 0 bridgehead atoms. The van der Waals surface area contributed by atoms with Gasteiger partial charge in [-0.25, -0.2) is 4.79 Å². The van der Waals surface area contributed by atoms with E-state index in [-0.39, 0.29) is 6.61 Å². The summed E-state index contributed by atoms with van der Waals surface area (Å²) in [6.07, 6.45) is -0.708. The maximum Gasteiger partial charge on any atom is 0.339 e. The molecule has 1 aliphatic heterocycles. The lowest BCUT2D eigenvalue weighted by atomic mass is 9.98. The van der Waals surface area contributed by atoms with Crippen LogP contribution < -0.4 is 4.74 Å². The molecule has 3 aromatic rings. The number of hydrogen-bond donors (Lipinski definition) is 0. The summed E-state index contributed by atoms with van der Waals surface area (Å²) >= 11 is 6.19. The Morgan fingerprint density at radius 1 is 1.17 bits per heavy atom. The third kappa shape index (κ3) is 3.97. The number of fused-ring (bicyclic) bond motifs is 3. The highest BCUT2D eigenvalue weighted by molar-refractivity contribution is 6.31. The summed E-state index contributed by atoms with van der Waals surface area (Å²) in [5.74, 6) is 0.217. The van der Waals surface area contributed by atoms with Gasteiger partial charge in [-0.3, -0.25) is 4.98 Å². The molecule has 0 radical (unpaired) electrons. The van der Waals surface area contributed by atoms with Gasteiger partial charge in [0.15, 0.2) is 0 Å². The molecular formula is C23H20ClNO4. The Kier molecular flexibility index (Phi) is 5.51. The van der Waals surface area contributed by atoms with Crippen LogP contribution in [0.15, 0.2) is 54.6 Å². The van der Waals surface area contributed by atoms with Crippen LogP contribution in [0.3, 0.4) is 0 Å². The van der Waals surface area contributed by atoms with Gasteiger partial charge in [0, 0.05) is 16.1 Å². The number of ether oxygens (including phenoxy) is 3. The summed E-state index contributed by atoms with van der Waals surface area (Å²) in [7, 11) is 0. The highest BCUT2D eigenvalue weighted by atomic mass is 35.5. The second-order valence-electron chi connectivity index (χ2n) is 6.67. The van der Waals surface area contributed by atoms with E-state index in [9.17, 15) is 4.79 Å². The zero-order chi connectivity index (χ0) is 20.4. The third-order valence-electron chi connectivity index (χ3n) is 4.67. The van der Waals surface area contributed by atoms with E-state index in [0.717, 1.165) is 11.1 Å². The summed E-state index contributed by atoms with van der Waals surface area (Å²) in [4.78, 5) is 17.1. The van der Waals surface area contributed by atoms with Crippen LogP contribution in [0.1, 0.15) is 40.4 Å². The number of aromatic nitrogens is 1. The smallest absolute Gasteiger partial charge is 0.339 e. The highest BCUT2D eigenvalue weighted by Gasteiger charge is 2.30. The van der Waals surface area contributed by atoms with Gasteiger partial charge in [0.25, 0.3) is 0 Å². The molecule has 0 saturated heterocycles. The first-order valence-electron chi connectivity index (χ1n) is 9.37. The summed E-state index contributed by atoms with van der Waals surface area (Å²) in [6, 6.07) is 16.9. The third-order valence-corrected chi connectivity index (χ3v) is 4.90. The fourth-order valence-electron chi connectivity index (χ4n) is 3.27. The minimum atomic E-state index is -0.708. The summed E-state index contributed by atoms with van der Waals surface area (Å²) in [6.45, 7) is 4.20. The van der Waals surface area contributed by atoms with Gasteiger partial charge in [0.2, 0.25) is 6.29 Å². The lowest BCUT2D eigenvalue weighted by Gasteiger charge is -2.29. The molecule has 1 atom stereocenters. The molecule has 0 N–H and O–H groups in total. The van der Waals surface area contributed by atoms with Crippen molar-refractivity contribution < 1.29 is 19.0 Å². The normalized spacial score (nSPS) is 14.5. The lowest BCUT2D eigenvalue weighted by molar-refractivity contribution is -0.0945. The molecule has 148 valence electrons. The first kappa shape index (κ1) is 19.4. The van der Waals surface area contributed by atoms with Crippen molar-refractivity contribution in [2.45, 2.75) is 26.7 Å². The van der Waals surface area contributed by atoms with E-state index in [0.29, 0.717) is 39.9 Å². The van der Waals surface area contributed by atoms with Crippen molar-refractivity contribution in [2.75, 3.05) is 6.61 Å². The molecule has 1 aromatic heterocycles. The van der Waals surface area contributed by atoms with Gasteiger partial charge < -0.3 is 14.2 Å². The van der Waals surface area contributed by atoms with Crippen LogP contribution in [0.5, 0.6) is 5.75 Å². The Bertz CT molecular complexity index is 1050. The molecule has 2 aromatic carbocycles. The second kappa shape index (κ2) is 8.23. The van der Waals surface area contributed by atoms with Crippen molar-refractivity contribution in [3.05, 3.63) is 82.0 Å². The van der Waals surface area contributed by atoms with E-state index in [1.165, 1.54) is 0 Å². The Labute approximate surface area is 174 Å². The Hall–Kier alpha value is -2.89. The van der Waals surface area contributed by atoms with Crippen LogP contribution in [-0.2, 0) is 16.1 Å². The first-order valence-corrected chi connectivity index (χ1v) is 9.75. The zero-order valence-electron chi connectivity index (χ0n) is 16.1. The fourth-order valence-corrected chi connectivity index (χ4v) is 3.44. The van der Waals surface area contributed by atoms with Gasteiger partial charge in [0.1, 0.15) is 5.75 Å². The number of rotatable bonds is 5. The average molecular weight is 410 g/mol. The van der Waals surface area contributed by atoms with E-state index in [4.69, 9.17) is 25.8 Å². The molecule has 4 rings (SSSR count). The molecule has 2 heterocycles. The van der Waals surface area contributed by atoms with Crippen molar-refractivity contribution in [1.29, 1.82) is 0 Å². The Morgan fingerprint density at radius 2 is 1.97 bits per heavy atom. The number of esters is 1. The van der Waals surface area contributed by atoms with E-state index in [1.807, 2.05) is 30.3 Å². The largest absolute Gasteiger partial charge is 0.462 e. The minimum absolute atomic E-state index is 0.290. The maximum atomic E-state index is 12.4. The molecule has 0 amide bonds. The molecule has 5 nitrogen and oxygen atoms in total. The van der Waals surface area contributed by atoms with E-state index in [2.05, 4.69) is 4.98 Å². The molecule has 1 aliphatic rings. The lowest BCUT2D eigenvalue weighted by Crippen LogP contribution is -2.20. The minimum Gasteiger partial charge on any atom is -0.462 e. The van der Waals surface area contributed by atoms with Gasteiger partial charge in [-0.15, -0.1) is 0 Å². The highest BCUT2D eigenvalue weighted by Crippen LogP contribution is 2.43. The van der Waals surface area contributed by atoms with Crippen molar-refractivity contribution in [2.24, 2.45) is 0 Å². The number of benzene rings is 2. The zero-order valence-corrected chi connectivity index (χ0v) is 16.9. The molecule has 0 fully saturated rings. The first-order chi connectivity index (χ1) is 14.1. The summed E-state index contributed by atoms with van der Waals surface area (Å²) in [5.41, 5.74) is 4.13. The molecule has 0 aliphatic carbocycles. The number of hydrogen-bond acceptors (Lipinski definition) is 5. The number of pyridine rings is 1. The maximum absolute atomic E-state index is 12.4. The van der Waals surface area contributed by atoms with Gasteiger partial charge >= 0.3 is 5.97 Å². The van der Waals surface area contributed by atoms with Gasteiger partial charge in [-0.05, 0) is 43.7 Å². The van der Waals surface area contributed by atoms with E-state index >= 15 is 0 Å². The Balaban J connectivity index is 1.76. The molecule has 29 heavy (non-hydrogen) atoms. The molecule has 0 unspecified atom stereocenters. The monoisotopic (exact) mass is 409 g/mol. The summed E-state index contributed by atoms with van der Waals surface area (Å²) < 4.78 is 17.3. The number of carbonyl (C=O) groups excluding carboxylic acids is 1. The number of nitrogens with zero attached hydrogens (tertiary/aromatic N) is 1. The standard InChI is InChI=1S/C23H20ClNO4/c1-3-27-22(26)17-12-19-21(25-14(17)2)18-11-16(24)9-10-20(18)29-23(19)28-13-15-7-5-4-6-8-15/h4-12,23H,3,13H2,1-2H3/t23-/m1/s1. The fraction of sp³-hybridized carbons (Fsp3) is 0.217. The van der Waals surface area contributed by atoms with Gasteiger partial charge in [0.05, 0.1) is 30.2 Å². The number of halogens is 1. The van der Waals surface area contributed by atoms with Crippen molar-refractivity contribution in [3.63, 3.8) is 0 Å². The van der Waals surface area contributed by atoms with Gasteiger partial charge in [-0.2, -0.15) is 0 Å². The average Bonchev–Trinajstić information content (AvgIpc) is 2.73. The molecule has 0 saturated carbocycles. The van der Waals surface area contributed by atoms with Crippen LogP contribution in [0.25, 0.3) is 11.3 Å². The van der Waals surface area contributed by atoms with E-state index in [1.54, 1.807) is 38.1 Å². The Morgan fingerprint density at radius 3 is 2.72 bits per heavy atom. The predicted octanol–water partition coefficient (Wildman–Crippen LogP) is 5.49. The van der Waals surface area contributed by atoms with Crippen LogP contribution >= 0.6 is 11.6 Å². The van der Waals surface area contributed by atoms with Crippen LogP contribution in [0.2, 0.25) is 5.02 Å². The number of carbonyl (C=O) groups is 1. The van der Waals surface area contributed by atoms with Crippen LogP contribution in [0.4, 0.5) is 0 Å². The summed E-state index contributed by atoms with van der Waals surface area (Å²) in [5, 5.41) is 0.580. The quantitative estimate of drug-likeness (QED) is 0.521. The molecule has 6 heteroatoms. The van der Waals surface area contributed by atoms with Crippen molar-refractivity contribution in [3.8, 4) is 17.0 Å². The van der Waals surface area contributed by atoms with Crippen molar-refractivity contribution >= 4 is 17.6 Å². The number of aryl methyl sites for hydroxylation is 1. The second-order valence-corrected chi connectivity index (χ2v) is 7.10.